The minimum atomic E-state index is -0.270. The lowest BCUT2D eigenvalue weighted by Crippen LogP contribution is -2.10. The van der Waals surface area contributed by atoms with Crippen molar-refractivity contribution in [1.82, 2.24) is 0 Å². The van der Waals surface area contributed by atoms with E-state index in [2.05, 4.69) is 0 Å². The molecule has 4 heteroatoms. The molecule has 0 fully saturated rings. The Morgan fingerprint density at radius 1 is 1.26 bits per heavy atom. The van der Waals surface area contributed by atoms with Crippen molar-refractivity contribution in [2.75, 3.05) is 0 Å². The normalized spacial score (nSPS) is 9.32. The molecule has 96 valence electrons. The highest BCUT2D eigenvalue weighted by Crippen LogP contribution is 2.15. The quantitative estimate of drug-likeness (QED) is 0.470. The first-order valence-corrected chi connectivity index (χ1v) is 5.87. The van der Waals surface area contributed by atoms with Gasteiger partial charge in [0, 0.05) is 6.42 Å². The molecule has 0 bridgehead atoms. The topological polar surface area (TPSA) is 73.9 Å². The summed E-state index contributed by atoms with van der Waals surface area (Å²) < 4.78 is 5.15. The fourth-order valence-corrected chi connectivity index (χ4v) is 1.39. The average Bonchev–Trinajstić information content (AvgIpc) is 2.37. The zero-order chi connectivity index (χ0) is 14.3. The van der Waals surface area contributed by atoms with Crippen LogP contribution in [0.3, 0.4) is 0 Å². The van der Waals surface area contributed by atoms with Crippen molar-refractivity contribution in [3.05, 3.63) is 35.4 Å². The van der Waals surface area contributed by atoms with Crippen LogP contribution in [0.25, 0.3) is 6.08 Å². The van der Waals surface area contributed by atoms with E-state index in [9.17, 15) is 4.79 Å². The molecule has 0 N–H and O–H groups in total. The predicted molar refractivity (Wildman–Crippen MR) is 70.7 cm³/mol. The van der Waals surface area contributed by atoms with Gasteiger partial charge in [0.15, 0.2) is 0 Å². The van der Waals surface area contributed by atoms with E-state index in [-0.39, 0.29) is 17.5 Å². The van der Waals surface area contributed by atoms with Crippen LogP contribution in [0.4, 0.5) is 0 Å². The molecule has 0 aliphatic rings. The summed E-state index contributed by atoms with van der Waals surface area (Å²) >= 11 is 0. The second-order valence-electron chi connectivity index (χ2n) is 4.42. The lowest BCUT2D eigenvalue weighted by Gasteiger charge is -2.06. The molecule has 0 saturated carbocycles. The number of esters is 1. The number of carbonyl (C=O) groups excluding carboxylic acids is 1. The maximum atomic E-state index is 11.5. The number of benzene rings is 1. The van der Waals surface area contributed by atoms with Crippen LogP contribution < -0.4 is 4.74 Å². The number of nitrogens with zero attached hydrogens (tertiary/aromatic N) is 2. The van der Waals surface area contributed by atoms with Gasteiger partial charge in [0.05, 0.1) is 0 Å². The van der Waals surface area contributed by atoms with E-state index >= 15 is 0 Å². The number of carbonyl (C=O) groups is 1. The van der Waals surface area contributed by atoms with Crippen molar-refractivity contribution < 1.29 is 9.53 Å². The molecule has 0 atom stereocenters. The number of hydrogen-bond donors (Lipinski definition) is 0. The minimum Gasteiger partial charge on any atom is -0.427 e. The van der Waals surface area contributed by atoms with E-state index in [0.717, 1.165) is 0 Å². The summed E-state index contributed by atoms with van der Waals surface area (Å²) in [5.74, 6) is 0.440. The molecule has 1 aromatic carbocycles. The first kappa shape index (κ1) is 14.5. The first-order valence-electron chi connectivity index (χ1n) is 5.87. The SMILES string of the molecule is CC(C)CC(=O)Oc1ccc(C=C(C#N)C#N)cc1. The molecule has 1 rings (SSSR count). The van der Waals surface area contributed by atoms with Gasteiger partial charge >= 0.3 is 5.97 Å². The van der Waals surface area contributed by atoms with E-state index in [1.54, 1.807) is 36.4 Å². The summed E-state index contributed by atoms with van der Waals surface area (Å²) in [6.45, 7) is 3.89. The van der Waals surface area contributed by atoms with E-state index in [4.69, 9.17) is 15.3 Å². The van der Waals surface area contributed by atoms with E-state index in [1.165, 1.54) is 6.08 Å². The molecule has 0 amide bonds. The molecular weight excluding hydrogens is 240 g/mol. The maximum Gasteiger partial charge on any atom is 0.311 e. The fourth-order valence-electron chi connectivity index (χ4n) is 1.39. The van der Waals surface area contributed by atoms with Gasteiger partial charge in [0.1, 0.15) is 23.5 Å². The van der Waals surface area contributed by atoms with Crippen molar-refractivity contribution in [2.45, 2.75) is 20.3 Å². The molecular formula is C15H14N2O2. The molecule has 0 aromatic heterocycles. The van der Waals surface area contributed by atoms with Crippen molar-refractivity contribution in [2.24, 2.45) is 5.92 Å². The molecule has 1 aromatic rings. The summed E-state index contributed by atoms with van der Waals surface area (Å²) in [6.07, 6.45) is 1.84. The Morgan fingerprint density at radius 2 is 1.84 bits per heavy atom. The van der Waals surface area contributed by atoms with Crippen LogP contribution in [0, 0.1) is 28.6 Å². The Hall–Kier alpha value is -2.59. The second kappa shape index (κ2) is 6.98. The Bertz CT molecular complexity index is 541. The van der Waals surface area contributed by atoms with Crippen molar-refractivity contribution in [1.29, 1.82) is 10.5 Å². The monoisotopic (exact) mass is 254 g/mol. The predicted octanol–water partition coefficient (Wildman–Crippen LogP) is 3.07. The van der Waals surface area contributed by atoms with Gasteiger partial charge in [0.2, 0.25) is 0 Å². The van der Waals surface area contributed by atoms with Gasteiger partial charge in [-0.25, -0.2) is 0 Å². The summed E-state index contributed by atoms with van der Waals surface area (Å²) in [5, 5.41) is 17.3. The van der Waals surface area contributed by atoms with Gasteiger partial charge < -0.3 is 4.74 Å². The zero-order valence-electron chi connectivity index (χ0n) is 10.9. The minimum absolute atomic E-state index is 0.0320. The van der Waals surface area contributed by atoms with Gasteiger partial charge in [-0.2, -0.15) is 10.5 Å². The third-order valence-electron chi connectivity index (χ3n) is 2.24. The Labute approximate surface area is 112 Å². The second-order valence-corrected chi connectivity index (χ2v) is 4.42. The molecule has 0 radical (unpaired) electrons. The van der Waals surface area contributed by atoms with Crippen molar-refractivity contribution >= 4 is 12.0 Å². The van der Waals surface area contributed by atoms with Crippen LogP contribution in [-0.4, -0.2) is 5.97 Å². The third-order valence-corrected chi connectivity index (χ3v) is 2.24. The molecule has 0 aliphatic heterocycles. The largest absolute Gasteiger partial charge is 0.427 e. The van der Waals surface area contributed by atoms with Crippen LogP contribution in [-0.2, 0) is 4.79 Å². The molecule has 0 aliphatic carbocycles. The summed E-state index contributed by atoms with van der Waals surface area (Å²) in [7, 11) is 0. The number of nitriles is 2. The molecule has 4 nitrogen and oxygen atoms in total. The first-order chi connectivity index (χ1) is 9.05. The summed E-state index contributed by atoms with van der Waals surface area (Å²) in [6, 6.07) is 10.2. The highest BCUT2D eigenvalue weighted by molar-refractivity contribution is 5.72. The van der Waals surface area contributed by atoms with Crippen LogP contribution in [0.1, 0.15) is 25.8 Å². The summed E-state index contributed by atoms with van der Waals surface area (Å²) in [5.41, 5.74) is 0.742. The Kier molecular flexibility index (Phi) is 5.32. The lowest BCUT2D eigenvalue weighted by atomic mass is 10.1. The zero-order valence-corrected chi connectivity index (χ0v) is 10.9. The molecule has 19 heavy (non-hydrogen) atoms. The highest BCUT2D eigenvalue weighted by atomic mass is 16.5. The van der Waals surface area contributed by atoms with E-state index in [1.807, 2.05) is 13.8 Å². The van der Waals surface area contributed by atoms with E-state index < -0.39 is 0 Å². The van der Waals surface area contributed by atoms with Crippen molar-refractivity contribution in [3.63, 3.8) is 0 Å². The number of ether oxygens (including phenoxy) is 1. The van der Waals surface area contributed by atoms with Crippen LogP contribution in [0.2, 0.25) is 0 Å². The van der Waals surface area contributed by atoms with Gasteiger partial charge in [0.25, 0.3) is 0 Å². The van der Waals surface area contributed by atoms with Crippen LogP contribution in [0.15, 0.2) is 29.8 Å². The highest BCUT2D eigenvalue weighted by Gasteiger charge is 2.07. The molecule has 0 heterocycles. The molecule has 0 saturated heterocycles. The Morgan fingerprint density at radius 3 is 2.32 bits per heavy atom. The van der Waals surface area contributed by atoms with Crippen LogP contribution >= 0.6 is 0 Å². The standard InChI is InChI=1S/C15H14N2O2/c1-11(2)7-15(18)19-14-5-3-12(4-6-14)8-13(9-16)10-17/h3-6,8,11H,7H2,1-2H3. The number of allylic oxidation sites excluding steroid dienone is 1. The van der Waals surface area contributed by atoms with Crippen molar-refractivity contribution in [3.8, 4) is 17.9 Å². The lowest BCUT2D eigenvalue weighted by molar-refractivity contribution is -0.135. The molecule has 0 unspecified atom stereocenters. The maximum absolute atomic E-state index is 11.5. The van der Waals surface area contributed by atoms with Gasteiger partial charge in [-0.3, -0.25) is 4.79 Å². The van der Waals surface area contributed by atoms with E-state index in [0.29, 0.717) is 17.7 Å². The third kappa shape index (κ3) is 5.06. The smallest absolute Gasteiger partial charge is 0.311 e. The van der Waals surface area contributed by atoms with Crippen LogP contribution in [0.5, 0.6) is 5.75 Å². The average molecular weight is 254 g/mol. The number of hydrogen-bond acceptors (Lipinski definition) is 4. The van der Waals surface area contributed by atoms with Gasteiger partial charge in [-0.05, 0) is 29.7 Å². The van der Waals surface area contributed by atoms with Gasteiger partial charge in [-0.1, -0.05) is 26.0 Å². The number of rotatable bonds is 4. The molecule has 0 spiro atoms. The fraction of sp³-hybridized carbons (Fsp3) is 0.267. The van der Waals surface area contributed by atoms with Gasteiger partial charge in [-0.15, -0.1) is 0 Å². The Balaban J connectivity index is 2.73. The summed E-state index contributed by atoms with van der Waals surface area (Å²) in [4.78, 5) is 11.5.